The number of nitrogens with two attached hydrogens (primary N) is 1. The van der Waals surface area contributed by atoms with Crippen molar-refractivity contribution < 1.29 is 12.8 Å². The van der Waals surface area contributed by atoms with Gasteiger partial charge in [-0.2, -0.15) is 0 Å². The van der Waals surface area contributed by atoms with Crippen LogP contribution in [0.4, 0.5) is 10.1 Å². The van der Waals surface area contributed by atoms with E-state index in [2.05, 4.69) is 0 Å². The monoisotopic (exact) mass is 333 g/mol. The Labute approximate surface area is 126 Å². The number of rotatable bonds is 3. The average Bonchev–Trinajstić information content (AvgIpc) is 2.37. The molecule has 0 aromatic heterocycles. The Morgan fingerprint density at radius 1 is 1.15 bits per heavy atom. The third-order valence-electron chi connectivity index (χ3n) is 2.69. The minimum absolute atomic E-state index is 0.00968. The molecule has 0 aliphatic rings. The zero-order chi connectivity index (χ0) is 14.9. The molecule has 2 aromatic rings. The second kappa shape index (κ2) is 5.60. The molecule has 0 saturated carbocycles. The summed E-state index contributed by atoms with van der Waals surface area (Å²) in [6.45, 7) is 0. The molecule has 0 aliphatic heterocycles. The second-order valence-electron chi connectivity index (χ2n) is 4.15. The Morgan fingerprint density at radius 2 is 1.85 bits per heavy atom. The lowest BCUT2D eigenvalue weighted by Gasteiger charge is -2.09. The minimum atomic E-state index is -3.81. The van der Waals surface area contributed by atoms with Crippen molar-refractivity contribution >= 4 is 38.7 Å². The van der Waals surface area contributed by atoms with Crippen LogP contribution in [0.25, 0.3) is 0 Å². The first kappa shape index (κ1) is 15.1. The maximum atomic E-state index is 13.2. The van der Waals surface area contributed by atoms with Crippen molar-refractivity contribution in [1.29, 1.82) is 0 Å². The van der Waals surface area contributed by atoms with Gasteiger partial charge in [0, 0.05) is 0 Å². The van der Waals surface area contributed by atoms with E-state index in [1.807, 2.05) is 0 Å². The first-order chi connectivity index (χ1) is 9.31. The number of sulfone groups is 1. The molecule has 2 rings (SSSR count). The van der Waals surface area contributed by atoms with Crippen molar-refractivity contribution in [2.45, 2.75) is 10.6 Å². The molecule has 0 amide bonds. The van der Waals surface area contributed by atoms with E-state index in [1.54, 1.807) is 18.2 Å². The van der Waals surface area contributed by atoms with Gasteiger partial charge in [0.1, 0.15) is 5.82 Å². The fourth-order valence-corrected chi connectivity index (χ4v) is 3.71. The molecule has 0 heterocycles. The topological polar surface area (TPSA) is 60.2 Å². The van der Waals surface area contributed by atoms with Gasteiger partial charge in [-0.05, 0) is 29.8 Å². The van der Waals surface area contributed by atoms with Crippen LogP contribution in [0.5, 0.6) is 0 Å². The number of hydrogen-bond acceptors (Lipinski definition) is 3. The first-order valence-corrected chi connectivity index (χ1v) is 7.93. The molecule has 2 aromatic carbocycles. The number of anilines is 1. The van der Waals surface area contributed by atoms with Gasteiger partial charge in [0.15, 0.2) is 9.84 Å². The number of benzene rings is 2. The molecule has 0 aliphatic carbocycles. The molecule has 0 spiro atoms. The maximum Gasteiger partial charge on any atom is 0.184 e. The second-order valence-corrected chi connectivity index (χ2v) is 6.90. The third-order valence-corrected chi connectivity index (χ3v) is 5.26. The van der Waals surface area contributed by atoms with Crippen LogP contribution in [0, 0.1) is 5.82 Å². The van der Waals surface area contributed by atoms with Gasteiger partial charge in [0.2, 0.25) is 0 Å². The van der Waals surface area contributed by atoms with Crippen LogP contribution < -0.4 is 5.73 Å². The van der Waals surface area contributed by atoms with Gasteiger partial charge in [-0.15, -0.1) is 0 Å². The lowest BCUT2D eigenvalue weighted by atomic mass is 10.2. The molecule has 0 unspecified atom stereocenters. The highest BCUT2D eigenvalue weighted by molar-refractivity contribution is 7.90. The summed E-state index contributed by atoms with van der Waals surface area (Å²) in [6.07, 6.45) is 0. The molecular formula is C13H10Cl2FNO2S. The van der Waals surface area contributed by atoms with E-state index >= 15 is 0 Å². The zero-order valence-corrected chi connectivity index (χ0v) is 12.4. The molecule has 2 N–H and O–H groups in total. The third kappa shape index (κ3) is 3.06. The zero-order valence-electron chi connectivity index (χ0n) is 10.1. The maximum absolute atomic E-state index is 13.2. The number of halogens is 3. The molecule has 20 heavy (non-hydrogen) atoms. The molecule has 7 heteroatoms. The van der Waals surface area contributed by atoms with Crippen molar-refractivity contribution in [2.24, 2.45) is 0 Å². The molecule has 0 bridgehead atoms. The highest BCUT2D eigenvalue weighted by atomic mass is 35.5. The minimum Gasteiger partial charge on any atom is -0.398 e. The van der Waals surface area contributed by atoms with Gasteiger partial charge in [0.25, 0.3) is 0 Å². The molecule has 0 radical (unpaired) electrons. The van der Waals surface area contributed by atoms with E-state index in [1.165, 1.54) is 6.07 Å². The van der Waals surface area contributed by atoms with Crippen molar-refractivity contribution in [3.63, 3.8) is 0 Å². The van der Waals surface area contributed by atoms with E-state index in [9.17, 15) is 12.8 Å². The Hall–Kier alpha value is -1.30. The summed E-state index contributed by atoms with van der Waals surface area (Å²) in [5.74, 6) is -1.07. The summed E-state index contributed by atoms with van der Waals surface area (Å²) in [6, 6.07) is 7.89. The molecular weight excluding hydrogens is 324 g/mol. The van der Waals surface area contributed by atoms with E-state index in [4.69, 9.17) is 28.9 Å². The number of nitrogen functional groups attached to an aromatic ring is 1. The highest BCUT2D eigenvalue weighted by Crippen LogP contribution is 2.30. The Kier molecular flexibility index (Phi) is 4.22. The van der Waals surface area contributed by atoms with Gasteiger partial charge in [-0.3, -0.25) is 0 Å². The van der Waals surface area contributed by atoms with Crippen LogP contribution in [-0.4, -0.2) is 8.42 Å². The van der Waals surface area contributed by atoms with Gasteiger partial charge >= 0.3 is 0 Å². The largest absolute Gasteiger partial charge is 0.398 e. The quantitative estimate of drug-likeness (QED) is 0.871. The Bertz CT molecular complexity index is 763. The standard InChI is InChI=1S/C13H10Cl2FNO2S/c14-10-3-1-2-8(13(10)15)7-20(18,19)12-6-9(16)4-5-11(12)17/h1-6H,7,17H2. The first-order valence-electron chi connectivity index (χ1n) is 5.52. The van der Waals surface area contributed by atoms with Gasteiger partial charge < -0.3 is 5.73 Å². The highest BCUT2D eigenvalue weighted by Gasteiger charge is 2.21. The Morgan fingerprint density at radius 3 is 2.55 bits per heavy atom. The average molecular weight is 334 g/mol. The molecule has 0 saturated heterocycles. The van der Waals surface area contributed by atoms with Gasteiger partial charge in [0.05, 0.1) is 26.4 Å². The SMILES string of the molecule is Nc1ccc(F)cc1S(=O)(=O)Cc1cccc(Cl)c1Cl. The van der Waals surface area contributed by atoms with Crippen LogP contribution in [0.2, 0.25) is 10.0 Å². The van der Waals surface area contributed by atoms with Crippen molar-refractivity contribution in [3.8, 4) is 0 Å². The molecule has 0 fully saturated rings. The molecule has 3 nitrogen and oxygen atoms in total. The van der Waals surface area contributed by atoms with Gasteiger partial charge in [-0.1, -0.05) is 35.3 Å². The summed E-state index contributed by atoms with van der Waals surface area (Å²) in [5.41, 5.74) is 5.92. The summed E-state index contributed by atoms with van der Waals surface area (Å²) < 4.78 is 37.8. The predicted molar refractivity (Wildman–Crippen MR) is 78.2 cm³/mol. The summed E-state index contributed by atoms with van der Waals surface area (Å²) in [7, 11) is -3.81. The van der Waals surface area contributed by atoms with Crippen LogP contribution in [0.1, 0.15) is 5.56 Å². The fraction of sp³-hybridized carbons (Fsp3) is 0.0769. The summed E-state index contributed by atoms with van der Waals surface area (Å²) in [4.78, 5) is -0.256. The van der Waals surface area contributed by atoms with E-state index in [0.29, 0.717) is 5.56 Å². The number of hydrogen-bond donors (Lipinski definition) is 1. The van der Waals surface area contributed by atoms with Gasteiger partial charge in [-0.25, -0.2) is 12.8 Å². The van der Waals surface area contributed by atoms with Crippen LogP contribution in [0.3, 0.4) is 0 Å². The Balaban J connectivity index is 2.46. The van der Waals surface area contributed by atoms with E-state index in [0.717, 1.165) is 12.1 Å². The summed E-state index contributed by atoms with van der Waals surface area (Å²) in [5, 5.41) is 0.416. The lowest BCUT2D eigenvalue weighted by Crippen LogP contribution is -2.09. The lowest BCUT2D eigenvalue weighted by molar-refractivity contribution is 0.590. The van der Waals surface area contributed by atoms with Crippen molar-refractivity contribution in [1.82, 2.24) is 0 Å². The molecule has 0 atom stereocenters. The predicted octanol–water partition coefficient (Wildman–Crippen LogP) is 3.69. The molecule has 106 valence electrons. The van der Waals surface area contributed by atoms with Crippen LogP contribution in [-0.2, 0) is 15.6 Å². The van der Waals surface area contributed by atoms with Crippen molar-refractivity contribution in [2.75, 3.05) is 5.73 Å². The normalized spacial score (nSPS) is 11.6. The van der Waals surface area contributed by atoms with Crippen LogP contribution in [0.15, 0.2) is 41.3 Å². The van der Waals surface area contributed by atoms with Crippen molar-refractivity contribution in [3.05, 3.63) is 57.8 Å². The fourth-order valence-electron chi connectivity index (χ4n) is 1.72. The smallest absolute Gasteiger partial charge is 0.184 e. The van der Waals surface area contributed by atoms with E-state index < -0.39 is 21.4 Å². The van der Waals surface area contributed by atoms with E-state index in [-0.39, 0.29) is 20.6 Å². The van der Waals surface area contributed by atoms with Crippen LogP contribution >= 0.6 is 23.2 Å². The summed E-state index contributed by atoms with van der Waals surface area (Å²) >= 11 is 11.8.